The molecule has 0 saturated carbocycles. The summed E-state index contributed by atoms with van der Waals surface area (Å²) in [4.78, 5) is 28.7. The number of nitrogens with zero attached hydrogens (tertiary/aromatic N) is 2. The molecule has 3 rings (SSSR count). The fourth-order valence-corrected chi connectivity index (χ4v) is 3.01. The van der Waals surface area contributed by atoms with E-state index in [0.717, 1.165) is 11.1 Å². The smallest absolute Gasteiger partial charge is 0.321 e. The second-order valence-corrected chi connectivity index (χ2v) is 5.63. The van der Waals surface area contributed by atoms with E-state index in [2.05, 4.69) is 5.32 Å². The van der Waals surface area contributed by atoms with Crippen molar-refractivity contribution < 1.29 is 14.3 Å². The normalized spacial score (nSPS) is 22.4. The van der Waals surface area contributed by atoms with E-state index in [4.69, 9.17) is 4.74 Å². The first-order chi connectivity index (χ1) is 10.7. The molecule has 2 aliphatic rings. The number of ether oxygens (including phenoxy) is 1. The van der Waals surface area contributed by atoms with Gasteiger partial charge >= 0.3 is 6.03 Å². The molecule has 2 saturated heterocycles. The van der Waals surface area contributed by atoms with Crippen molar-refractivity contribution in [3.63, 3.8) is 0 Å². The highest BCUT2D eigenvalue weighted by molar-refractivity contribution is 5.89. The third-order valence-corrected chi connectivity index (χ3v) is 4.22. The molecule has 0 bridgehead atoms. The summed E-state index contributed by atoms with van der Waals surface area (Å²) in [6, 6.07) is 7.10. The molecule has 1 aromatic carbocycles. The average molecular weight is 303 g/mol. The number of carbonyl (C=O) groups excluding carboxylic acids is 2. The van der Waals surface area contributed by atoms with Gasteiger partial charge in [-0.05, 0) is 18.1 Å². The lowest BCUT2D eigenvalue weighted by atomic mass is 9.98. The molecule has 2 heterocycles. The topological polar surface area (TPSA) is 61.9 Å². The Hall–Kier alpha value is -2.08. The standard InChI is InChI=1S/C16H21N3O3/c1-12-4-2-3-5-13(12)14-15(20)17-6-7-19(14)16(21)18-8-10-22-11-9-18/h2-5,14H,6-11H2,1H3,(H,17,20). The van der Waals surface area contributed by atoms with Crippen LogP contribution in [0.5, 0.6) is 0 Å². The molecule has 0 aromatic heterocycles. The zero-order valence-corrected chi connectivity index (χ0v) is 12.7. The van der Waals surface area contributed by atoms with Gasteiger partial charge in [0, 0.05) is 26.2 Å². The number of carbonyl (C=O) groups is 2. The lowest BCUT2D eigenvalue weighted by Crippen LogP contribution is -2.57. The molecule has 1 unspecified atom stereocenters. The van der Waals surface area contributed by atoms with Gasteiger partial charge in [0.25, 0.3) is 0 Å². The minimum atomic E-state index is -0.551. The van der Waals surface area contributed by atoms with Gasteiger partial charge in [-0.2, -0.15) is 0 Å². The lowest BCUT2D eigenvalue weighted by molar-refractivity contribution is -0.128. The Morgan fingerprint density at radius 2 is 1.95 bits per heavy atom. The lowest BCUT2D eigenvalue weighted by Gasteiger charge is -2.40. The Labute approximate surface area is 130 Å². The fraction of sp³-hybridized carbons (Fsp3) is 0.500. The molecular formula is C16H21N3O3. The number of hydrogen-bond acceptors (Lipinski definition) is 3. The van der Waals surface area contributed by atoms with Gasteiger partial charge in [0.15, 0.2) is 0 Å². The van der Waals surface area contributed by atoms with Gasteiger partial charge in [-0.25, -0.2) is 4.79 Å². The van der Waals surface area contributed by atoms with E-state index in [-0.39, 0.29) is 11.9 Å². The van der Waals surface area contributed by atoms with Crippen LogP contribution in [-0.4, -0.2) is 61.1 Å². The van der Waals surface area contributed by atoms with Crippen LogP contribution < -0.4 is 5.32 Å². The van der Waals surface area contributed by atoms with Crippen LogP contribution in [-0.2, 0) is 9.53 Å². The van der Waals surface area contributed by atoms with Crippen LogP contribution in [0.3, 0.4) is 0 Å². The quantitative estimate of drug-likeness (QED) is 0.839. The molecule has 0 spiro atoms. The summed E-state index contributed by atoms with van der Waals surface area (Å²) in [7, 11) is 0. The highest BCUT2D eigenvalue weighted by Crippen LogP contribution is 2.27. The largest absolute Gasteiger partial charge is 0.378 e. The summed E-state index contributed by atoms with van der Waals surface area (Å²) in [6.07, 6.45) is 0. The molecule has 0 radical (unpaired) electrons. The van der Waals surface area contributed by atoms with E-state index in [9.17, 15) is 9.59 Å². The SMILES string of the molecule is Cc1ccccc1C1C(=O)NCCN1C(=O)N1CCOCC1. The first-order valence-corrected chi connectivity index (χ1v) is 7.65. The summed E-state index contributed by atoms with van der Waals surface area (Å²) in [5.74, 6) is -0.109. The van der Waals surface area contributed by atoms with Crippen LogP contribution in [0.25, 0.3) is 0 Å². The monoisotopic (exact) mass is 303 g/mol. The number of aryl methyl sites for hydroxylation is 1. The number of benzene rings is 1. The van der Waals surface area contributed by atoms with Gasteiger partial charge in [0.05, 0.1) is 13.2 Å². The van der Waals surface area contributed by atoms with Crippen molar-refractivity contribution in [1.82, 2.24) is 15.1 Å². The molecule has 6 heteroatoms. The van der Waals surface area contributed by atoms with E-state index in [0.29, 0.717) is 39.4 Å². The second-order valence-electron chi connectivity index (χ2n) is 5.63. The summed E-state index contributed by atoms with van der Waals surface area (Å²) >= 11 is 0. The molecule has 2 fully saturated rings. The van der Waals surface area contributed by atoms with Crippen molar-refractivity contribution in [2.75, 3.05) is 39.4 Å². The summed E-state index contributed by atoms with van der Waals surface area (Å²) in [5.41, 5.74) is 1.91. The maximum Gasteiger partial charge on any atom is 0.321 e. The number of rotatable bonds is 1. The van der Waals surface area contributed by atoms with Gasteiger partial charge in [-0.15, -0.1) is 0 Å². The molecule has 6 nitrogen and oxygen atoms in total. The van der Waals surface area contributed by atoms with E-state index in [1.807, 2.05) is 31.2 Å². The highest BCUT2D eigenvalue weighted by Gasteiger charge is 2.37. The van der Waals surface area contributed by atoms with Crippen molar-refractivity contribution in [3.8, 4) is 0 Å². The van der Waals surface area contributed by atoms with Gasteiger partial charge in [-0.3, -0.25) is 4.79 Å². The fourth-order valence-electron chi connectivity index (χ4n) is 3.01. The second kappa shape index (κ2) is 6.36. The van der Waals surface area contributed by atoms with Crippen LogP contribution in [0.2, 0.25) is 0 Å². The summed E-state index contributed by atoms with van der Waals surface area (Å²) in [5, 5.41) is 2.87. The third kappa shape index (κ3) is 2.78. The van der Waals surface area contributed by atoms with Gasteiger partial charge in [0.2, 0.25) is 5.91 Å². The van der Waals surface area contributed by atoms with Gasteiger partial charge < -0.3 is 19.9 Å². The molecule has 1 aromatic rings. The molecule has 22 heavy (non-hydrogen) atoms. The van der Waals surface area contributed by atoms with Crippen molar-refractivity contribution in [2.24, 2.45) is 0 Å². The Balaban J connectivity index is 1.88. The molecule has 1 atom stereocenters. The number of piperazine rings is 1. The highest BCUT2D eigenvalue weighted by atomic mass is 16.5. The minimum Gasteiger partial charge on any atom is -0.378 e. The van der Waals surface area contributed by atoms with E-state index in [1.165, 1.54) is 0 Å². The van der Waals surface area contributed by atoms with Gasteiger partial charge in [0.1, 0.15) is 6.04 Å². The Kier molecular flexibility index (Phi) is 4.29. The zero-order valence-electron chi connectivity index (χ0n) is 12.7. The first-order valence-electron chi connectivity index (χ1n) is 7.65. The Morgan fingerprint density at radius 3 is 2.68 bits per heavy atom. The van der Waals surface area contributed by atoms with Crippen LogP contribution in [0.15, 0.2) is 24.3 Å². The maximum atomic E-state index is 12.8. The average Bonchev–Trinajstić information content (AvgIpc) is 2.56. The molecule has 3 amide bonds. The summed E-state index contributed by atoms with van der Waals surface area (Å²) in [6.45, 7) is 5.27. The van der Waals surface area contributed by atoms with Crippen molar-refractivity contribution >= 4 is 11.9 Å². The minimum absolute atomic E-state index is 0.0774. The first kappa shape index (κ1) is 14.8. The van der Waals surface area contributed by atoms with E-state index >= 15 is 0 Å². The van der Waals surface area contributed by atoms with E-state index < -0.39 is 6.04 Å². The third-order valence-electron chi connectivity index (χ3n) is 4.22. The van der Waals surface area contributed by atoms with Crippen molar-refractivity contribution in [3.05, 3.63) is 35.4 Å². The Bertz CT molecular complexity index is 570. The van der Waals surface area contributed by atoms with Crippen LogP contribution in [0.1, 0.15) is 17.2 Å². The number of hydrogen-bond donors (Lipinski definition) is 1. The zero-order chi connectivity index (χ0) is 15.5. The molecule has 118 valence electrons. The maximum absolute atomic E-state index is 12.8. The number of nitrogens with one attached hydrogen (secondary N) is 1. The van der Waals surface area contributed by atoms with Crippen LogP contribution in [0.4, 0.5) is 4.79 Å². The predicted octanol–water partition coefficient (Wildman–Crippen LogP) is 0.920. The number of amides is 3. The predicted molar refractivity (Wildman–Crippen MR) is 81.4 cm³/mol. The van der Waals surface area contributed by atoms with Crippen LogP contribution in [0, 0.1) is 6.92 Å². The molecular weight excluding hydrogens is 282 g/mol. The Morgan fingerprint density at radius 1 is 1.23 bits per heavy atom. The van der Waals surface area contributed by atoms with E-state index in [1.54, 1.807) is 9.80 Å². The van der Waals surface area contributed by atoms with Crippen LogP contribution >= 0.6 is 0 Å². The van der Waals surface area contributed by atoms with Crippen molar-refractivity contribution in [1.29, 1.82) is 0 Å². The molecule has 2 aliphatic heterocycles. The molecule has 1 N–H and O–H groups in total. The van der Waals surface area contributed by atoms with Gasteiger partial charge in [-0.1, -0.05) is 24.3 Å². The summed E-state index contributed by atoms with van der Waals surface area (Å²) < 4.78 is 5.30. The number of morpholine rings is 1. The molecule has 0 aliphatic carbocycles. The van der Waals surface area contributed by atoms with Crippen molar-refractivity contribution in [2.45, 2.75) is 13.0 Å². The number of urea groups is 1.